The zero-order valence-electron chi connectivity index (χ0n) is 14.8. The summed E-state index contributed by atoms with van der Waals surface area (Å²) in [6.45, 7) is 5.08. The van der Waals surface area contributed by atoms with E-state index in [2.05, 4.69) is 15.8 Å². The van der Waals surface area contributed by atoms with Crippen LogP contribution in [0, 0.1) is 0 Å². The van der Waals surface area contributed by atoms with E-state index in [1.165, 1.54) is 18.3 Å². The molecule has 2 rings (SSSR count). The first kappa shape index (κ1) is 19.0. The highest BCUT2D eigenvalue weighted by atomic mass is 16.3. The molecule has 0 unspecified atom stereocenters. The molecule has 7 heteroatoms. The molecule has 3 amide bonds. The van der Waals surface area contributed by atoms with Crippen molar-refractivity contribution in [3.05, 3.63) is 59.7 Å². The number of phenols is 1. The Bertz CT molecular complexity index is 766. The van der Waals surface area contributed by atoms with Crippen molar-refractivity contribution >= 4 is 23.8 Å². The van der Waals surface area contributed by atoms with Gasteiger partial charge in [-0.25, -0.2) is 10.2 Å². The standard InChI is InChI=1S/C19H22N4O3/c1-3-23(4-2)19(26)21-16-9-7-15(8-10-16)18(25)22-20-13-14-5-11-17(24)12-6-14/h5-13,24H,3-4H2,1-2H3,(H,21,26)(H,22,25). The highest BCUT2D eigenvalue weighted by molar-refractivity contribution is 5.96. The molecule has 0 aliphatic heterocycles. The Morgan fingerprint density at radius 2 is 1.65 bits per heavy atom. The van der Waals surface area contributed by atoms with Crippen molar-refractivity contribution in [2.24, 2.45) is 5.10 Å². The second-order valence-electron chi connectivity index (χ2n) is 5.47. The SMILES string of the molecule is CCN(CC)C(=O)Nc1ccc(C(=O)NN=Cc2ccc(O)cc2)cc1. The fraction of sp³-hybridized carbons (Fsp3) is 0.211. The second-order valence-corrected chi connectivity index (χ2v) is 5.47. The first-order valence-corrected chi connectivity index (χ1v) is 8.32. The maximum Gasteiger partial charge on any atom is 0.321 e. The van der Waals surface area contributed by atoms with Crippen molar-refractivity contribution in [2.75, 3.05) is 18.4 Å². The molecule has 0 saturated carbocycles. The molecule has 0 saturated heterocycles. The fourth-order valence-electron chi connectivity index (χ4n) is 2.21. The van der Waals surface area contributed by atoms with Crippen molar-refractivity contribution in [1.82, 2.24) is 10.3 Å². The topological polar surface area (TPSA) is 94.0 Å². The third kappa shape index (κ3) is 5.34. The molecular formula is C19H22N4O3. The lowest BCUT2D eigenvalue weighted by atomic mass is 10.2. The summed E-state index contributed by atoms with van der Waals surface area (Å²) in [5, 5.41) is 15.9. The summed E-state index contributed by atoms with van der Waals surface area (Å²) in [7, 11) is 0. The number of aromatic hydroxyl groups is 1. The van der Waals surface area contributed by atoms with Crippen molar-refractivity contribution in [3.63, 3.8) is 0 Å². The molecule has 26 heavy (non-hydrogen) atoms. The summed E-state index contributed by atoms with van der Waals surface area (Å²) < 4.78 is 0. The zero-order chi connectivity index (χ0) is 18.9. The minimum atomic E-state index is -0.360. The molecule has 3 N–H and O–H groups in total. The third-order valence-electron chi connectivity index (χ3n) is 3.72. The monoisotopic (exact) mass is 354 g/mol. The van der Waals surface area contributed by atoms with Crippen LogP contribution < -0.4 is 10.7 Å². The van der Waals surface area contributed by atoms with Gasteiger partial charge in [0.15, 0.2) is 0 Å². The summed E-state index contributed by atoms with van der Waals surface area (Å²) in [6, 6.07) is 12.8. The molecule has 0 aliphatic rings. The van der Waals surface area contributed by atoms with E-state index in [1.807, 2.05) is 13.8 Å². The first-order chi connectivity index (χ1) is 12.5. The van der Waals surface area contributed by atoms with Crippen molar-refractivity contribution in [3.8, 4) is 5.75 Å². The second kappa shape index (κ2) is 9.22. The molecule has 0 atom stereocenters. The Labute approximate surface area is 152 Å². The lowest BCUT2D eigenvalue weighted by Crippen LogP contribution is -2.34. The predicted octanol–water partition coefficient (Wildman–Crippen LogP) is 3.03. The van der Waals surface area contributed by atoms with E-state index in [4.69, 9.17) is 0 Å². The van der Waals surface area contributed by atoms with Crippen LogP contribution in [0.3, 0.4) is 0 Å². The number of rotatable bonds is 6. The highest BCUT2D eigenvalue weighted by Gasteiger charge is 2.10. The van der Waals surface area contributed by atoms with E-state index in [1.54, 1.807) is 41.3 Å². The summed E-state index contributed by atoms with van der Waals surface area (Å²) in [5.41, 5.74) is 4.22. The number of anilines is 1. The lowest BCUT2D eigenvalue weighted by molar-refractivity contribution is 0.0955. The number of phenolic OH excluding ortho intramolecular Hbond substituents is 1. The van der Waals surface area contributed by atoms with Gasteiger partial charge in [-0.2, -0.15) is 5.10 Å². The maximum absolute atomic E-state index is 12.1. The minimum absolute atomic E-state index is 0.166. The van der Waals surface area contributed by atoms with Gasteiger partial charge in [0.2, 0.25) is 0 Å². The number of urea groups is 1. The number of carbonyl (C=O) groups excluding carboxylic acids is 2. The van der Waals surface area contributed by atoms with Gasteiger partial charge >= 0.3 is 6.03 Å². The number of hydrogen-bond acceptors (Lipinski definition) is 4. The molecule has 0 radical (unpaired) electrons. The number of hydrogen-bond donors (Lipinski definition) is 3. The van der Waals surface area contributed by atoms with Gasteiger partial charge in [0.25, 0.3) is 5.91 Å². The Kier molecular flexibility index (Phi) is 6.73. The molecule has 0 fully saturated rings. The van der Waals surface area contributed by atoms with Gasteiger partial charge in [0, 0.05) is 24.3 Å². The van der Waals surface area contributed by atoms with Gasteiger partial charge in [0.1, 0.15) is 5.75 Å². The number of hydrazone groups is 1. The summed E-state index contributed by atoms with van der Waals surface area (Å²) in [5.74, 6) is -0.194. The van der Waals surface area contributed by atoms with Crippen LogP contribution in [0.25, 0.3) is 0 Å². The quantitative estimate of drug-likeness (QED) is 0.550. The molecule has 0 spiro atoms. The van der Waals surface area contributed by atoms with Crippen molar-refractivity contribution in [2.45, 2.75) is 13.8 Å². The number of nitrogens with zero attached hydrogens (tertiary/aromatic N) is 2. The smallest absolute Gasteiger partial charge is 0.321 e. The summed E-state index contributed by atoms with van der Waals surface area (Å²) in [6.07, 6.45) is 1.48. The molecule has 0 aromatic heterocycles. The summed E-state index contributed by atoms with van der Waals surface area (Å²) >= 11 is 0. The van der Waals surface area contributed by atoms with Gasteiger partial charge in [-0.3, -0.25) is 4.79 Å². The molecule has 2 aromatic carbocycles. The summed E-state index contributed by atoms with van der Waals surface area (Å²) in [4.78, 5) is 25.7. The van der Waals surface area contributed by atoms with Crippen LogP contribution >= 0.6 is 0 Å². The average molecular weight is 354 g/mol. The maximum atomic E-state index is 12.1. The number of carbonyl (C=O) groups is 2. The van der Waals surface area contributed by atoms with Gasteiger partial charge in [-0.15, -0.1) is 0 Å². The van der Waals surface area contributed by atoms with E-state index in [-0.39, 0.29) is 17.7 Å². The Hall–Kier alpha value is -3.35. The zero-order valence-corrected chi connectivity index (χ0v) is 14.8. The Morgan fingerprint density at radius 1 is 1.04 bits per heavy atom. The highest BCUT2D eigenvalue weighted by Crippen LogP contribution is 2.11. The first-order valence-electron chi connectivity index (χ1n) is 8.32. The number of amides is 3. The number of benzene rings is 2. The fourth-order valence-corrected chi connectivity index (χ4v) is 2.21. The van der Waals surface area contributed by atoms with Crippen molar-refractivity contribution in [1.29, 1.82) is 0 Å². The van der Waals surface area contributed by atoms with E-state index < -0.39 is 0 Å². The lowest BCUT2D eigenvalue weighted by Gasteiger charge is -2.19. The van der Waals surface area contributed by atoms with Crippen LogP contribution in [0.1, 0.15) is 29.8 Å². The molecule has 0 aliphatic carbocycles. The van der Waals surface area contributed by atoms with Crippen LogP contribution in [0.15, 0.2) is 53.6 Å². The van der Waals surface area contributed by atoms with E-state index in [0.717, 1.165) is 5.56 Å². The van der Waals surface area contributed by atoms with Crippen LogP contribution in [-0.2, 0) is 0 Å². The Morgan fingerprint density at radius 3 is 2.23 bits per heavy atom. The van der Waals surface area contributed by atoms with Crippen LogP contribution in [0.5, 0.6) is 5.75 Å². The van der Waals surface area contributed by atoms with Gasteiger partial charge in [0.05, 0.1) is 6.21 Å². The van der Waals surface area contributed by atoms with E-state index in [0.29, 0.717) is 24.3 Å². The normalized spacial score (nSPS) is 10.5. The van der Waals surface area contributed by atoms with Crippen molar-refractivity contribution < 1.29 is 14.7 Å². The van der Waals surface area contributed by atoms with Crippen LogP contribution in [0.4, 0.5) is 10.5 Å². The average Bonchev–Trinajstić information content (AvgIpc) is 2.65. The molecular weight excluding hydrogens is 332 g/mol. The van der Waals surface area contributed by atoms with E-state index in [9.17, 15) is 14.7 Å². The van der Waals surface area contributed by atoms with Gasteiger partial charge in [-0.05, 0) is 67.9 Å². The van der Waals surface area contributed by atoms with E-state index >= 15 is 0 Å². The number of nitrogens with one attached hydrogen (secondary N) is 2. The molecule has 0 heterocycles. The van der Waals surface area contributed by atoms with Gasteiger partial charge < -0.3 is 15.3 Å². The molecule has 2 aromatic rings. The minimum Gasteiger partial charge on any atom is -0.508 e. The largest absolute Gasteiger partial charge is 0.508 e. The third-order valence-corrected chi connectivity index (χ3v) is 3.72. The van der Waals surface area contributed by atoms with Crippen LogP contribution in [0.2, 0.25) is 0 Å². The van der Waals surface area contributed by atoms with Gasteiger partial charge in [-0.1, -0.05) is 0 Å². The predicted molar refractivity (Wildman–Crippen MR) is 102 cm³/mol. The molecule has 7 nitrogen and oxygen atoms in total. The van der Waals surface area contributed by atoms with Crippen LogP contribution in [-0.4, -0.2) is 41.2 Å². The Balaban J connectivity index is 1.91. The molecule has 0 bridgehead atoms. The molecule has 136 valence electrons.